The summed E-state index contributed by atoms with van der Waals surface area (Å²) in [5.41, 5.74) is 1.28. The fourth-order valence-electron chi connectivity index (χ4n) is 3.76. The van der Waals surface area contributed by atoms with Crippen molar-refractivity contribution in [3.8, 4) is 5.75 Å². The van der Waals surface area contributed by atoms with Crippen molar-refractivity contribution >= 4 is 26.7 Å². The average molecular weight is 428 g/mol. The Morgan fingerprint density at radius 2 is 1.77 bits per heavy atom. The summed E-state index contributed by atoms with van der Waals surface area (Å²) >= 11 is 0. The number of carbonyl (C=O) groups excluding carboxylic acids is 1. The molecule has 1 saturated heterocycles. The standard InChI is InChI=1S/C22H25N3O4S/c1-24-15-20(30(27,28)25-9-3-4-10-25)13-21(24)22(26)23-14-16-5-6-18-12-19(29-2)8-7-17(18)11-16/h5-8,11-13,15H,3-4,9-10,14H2,1-2H3,(H,23,26). The van der Waals surface area contributed by atoms with Crippen molar-refractivity contribution in [2.75, 3.05) is 20.2 Å². The number of hydrogen-bond acceptors (Lipinski definition) is 4. The third kappa shape index (κ3) is 3.93. The largest absolute Gasteiger partial charge is 0.497 e. The van der Waals surface area contributed by atoms with Gasteiger partial charge in [0, 0.05) is 32.9 Å². The summed E-state index contributed by atoms with van der Waals surface area (Å²) in [7, 11) is -0.232. The molecule has 1 amide bonds. The molecule has 1 aliphatic rings. The van der Waals surface area contributed by atoms with E-state index < -0.39 is 10.0 Å². The van der Waals surface area contributed by atoms with Gasteiger partial charge in [-0.1, -0.05) is 18.2 Å². The second-order valence-electron chi connectivity index (χ2n) is 7.51. The van der Waals surface area contributed by atoms with Crippen LogP contribution in [0.3, 0.4) is 0 Å². The molecule has 4 rings (SSSR count). The number of methoxy groups -OCH3 is 1. The minimum Gasteiger partial charge on any atom is -0.497 e. The molecule has 1 N–H and O–H groups in total. The molecule has 0 bridgehead atoms. The zero-order chi connectivity index (χ0) is 21.3. The molecular weight excluding hydrogens is 402 g/mol. The van der Waals surface area contributed by atoms with Gasteiger partial charge in [-0.25, -0.2) is 8.42 Å². The SMILES string of the molecule is COc1ccc2cc(CNC(=O)c3cc(S(=O)(=O)N4CCCC4)cn3C)ccc2c1. The lowest BCUT2D eigenvalue weighted by molar-refractivity contribution is 0.0942. The fourth-order valence-corrected chi connectivity index (χ4v) is 5.35. The lowest BCUT2D eigenvalue weighted by Crippen LogP contribution is -2.27. The number of aromatic nitrogens is 1. The summed E-state index contributed by atoms with van der Waals surface area (Å²) < 4.78 is 33.8. The number of hydrogen-bond donors (Lipinski definition) is 1. The molecule has 30 heavy (non-hydrogen) atoms. The van der Waals surface area contributed by atoms with E-state index in [1.807, 2.05) is 36.4 Å². The predicted octanol–water partition coefficient (Wildman–Crippen LogP) is 2.90. The summed E-state index contributed by atoms with van der Waals surface area (Å²) in [6.07, 6.45) is 3.25. The van der Waals surface area contributed by atoms with Crippen molar-refractivity contribution in [2.24, 2.45) is 7.05 Å². The third-order valence-corrected chi connectivity index (χ3v) is 7.34. The van der Waals surface area contributed by atoms with E-state index in [-0.39, 0.29) is 10.8 Å². The van der Waals surface area contributed by atoms with Gasteiger partial charge in [-0.3, -0.25) is 4.79 Å². The molecule has 7 nitrogen and oxygen atoms in total. The van der Waals surface area contributed by atoms with E-state index in [1.165, 1.54) is 16.6 Å². The molecule has 0 unspecified atom stereocenters. The monoisotopic (exact) mass is 427 g/mol. The van der Waals surface area contributed by atoms with Crippen LogP contribution in [0.25, 0.3) is 10.8 Å². The minimum atomic E-state index is -3.55. The molecule has 0 spiro atoms. The number of nitrogens with one attached hydrogen (secondary N) is 1. The van der Waals surface area contributed by atoms with Crippen LogP contribution < -0.4 is 10.1 Å². The number of nitrogens with zero attached hydrogens (tertiary/aromatic N) is 2. The number of ether oxygens (including phenoxy) is 1. The van der Waals surface area contributed by atoms with E-state index in [4.69, 9.17) is 4.74 Å². The number of sulfonamides is 1. The van der Waals surface area contributed by atoms with E-state index in [9.17, 15) is 13.2 Å². The van der Waals surface area contributed by atoms with Crippen LogP contribution in [-0.4, -0.2) is 43.4 Å². The van der Waals surface area contributed by atoms with Gasteiger partial charge in [0.2, 0.25) is 10.0 Å². The molecule has 158 valence electrons. The molecule has 3 aromatic rings. The van der Waals surface area contributed by atoms with E-state index in [0.717, 1.165) is 34.9 Å². The number of amides is 1. The normalized spacial score (nSPS) is 14.9. The Morgan fingerprint density at radius 1 is 1.07 bits per heavy atom. The van der Waals surface area contributed by atoms with Gasteiger partial charge in [0.05, 0.1) is 7.11 Å². The quantitative estimate of drug-likeness (QED) is 0.656. The van der Waals surface area contributed by atoms with E-state index >= 15 is 0 Å². The maximum absolute atomic E-state index is 12.7. The maximum atomic E-state index is 12.7. The van der Waals surface area contributed by atoms with Crippen LogP contribution in [0.15, 0.2) is 53.6 Å². The highest BCUT2D eigenvalue weighted by atomic mass is 32.2. The van der Waals surface area contributed by atoms with Crippen molar-refractivity contribution < 1.29 is 17.9 Å². The van der Waals surface area contributed by atoms with Crippen LogP contribution in [0.1, 0.15) is 28.9 Å². The van der Waals surface area contributed by atoms with Crippen molar-refractivity contribution in [1.29, 1.82) is 0 Å². The van der Waals surface area contributed by atoms with Gasteiger partial charge in [0.1, 0.15) is 16.3 Å². The van der Waals surface area contributed by atoms with Gasteiger partial charge in [-0.2, -0.15) is 4.31 Å². The Bertz CT molecular complexity index is 1190. The minimum absolute atomic E-state index is 0.164. The third-order valence-electron chi connectivity index (χ3n) is 5.48. The van der Waals surface area contributed by atoms with Crippen molar-refractivity contribution in [3.63, 3.8) is 0 Å². The molecule has 8 heteroatoms. The topological polar surface area (TPSA) is 80.6 Å². The van der Waals surface area contributed by atoms with Crippen LogP contribution in [0.4, 0.5) is 0 Å². The summed E-state index contributed by atoms with van der Waals surface area (Å²) in [6.45, 7) is 1.42. The highest BCUT2D eigenvalue weighted by Gasteiger charge is 2.29. The van der Waals surface area contributed by atoms with E-state index in [2.05, 4.69) is 5.32 Å². The molecule has 1 aromatic heterocycles. The van der Waals surface area contributed by atoms with Crippen LogP contribution >= 0.6 is 0 Å². The highest BCUT2D eigenvalue weighted by Crippen LogP contribution is 2.23. The molecule has 1 fully saturated rings. The Kier molecular flexibility index (Phi) is 5.53. The van der Waals surface area contributed by atoms with Gasteiger partial charge >= 0.3 is 0 Å². The van der Waals surface area contributed by atoms with E-state index in [1.54, 1.807) is 18.7 Å². The Labute approximate surface area is 176 Å². The first-order valence-electron chi connectivity index (χ1n) is 9.90. The summed E-state index contributed by atoms with van der Waals surface area (Å²) in [4.78, 5) is 12.9. The van der Waals surface area contributed by atoms with Gasteiger partial charge in [-0.15, -0.1) is 0 Å². The van der Waals surface area contributed by atoms with Gasteiger partial charge in [-0.05, 0) is 53.4 Å². The van der Waals surface area contributed by atoms with Crippen molar-refractivity contribution in [1.82, 2.24) is 14.2 Å². The highest BCUT2D eigenvalue weighted by molar-refractivity contribution is 7.89. The molecule has 0 atom stereocenters. The smallest absolute Gasteiger partial charge is 0.268 e. The van der Waals surface area contributed by atoms with Gasteiger partial charge in [0.15, 0.2) is 0 Å². The van der Waals surface area contributed by atoms with Crippen LogP contribution in [-0.2, 0) is 23.6 Å². The zero-order valence-corrected chi connectivity index (χ0v) is 17.9. The van der Waals surface area contributed by atoms with Gasteiger partial charge < -0.3 is 14.6 Å². The zero-order valence-electron chi connectivity index (χ0n) is 17.1. The molecular formula is C22H25N3O4S. The molecule has 2 aromatic carbocycles. The molecule has 0 radical (unpaired) electrons. The van der Waals surface area contributed by atoms with E-state index in [0.29, 0.717) is 25.3 Å². The molecule has 0 aliphatic carbocycles. The summed E-state index contributed by atoms with van der Waals surface area (Å²) in [5, 5.41) is 5.00. The number of fused-ring (bicyclic) bond motifs is 1. The Morgan fingerprint density at radius 3 is 2.50 bits per heavy atom. The number of rotatable bonds is 6. The summed E-state index contributed by atoms with van der Waals surface area (Å²) in [6, 6.07) is 13.3. The Hall–Kier alpha value is -2.84. The van der Waals surface area contributed by atoms with Crippen LogP contribution in [0.5, 0.6) is 5.75 Å². The molecule has 2 heterocycles. The number of carbonyl (C=O) groups is 1. The second-order valence-corrected chi connectivity index (χ2v) is 9.45. The number of aryl methyl sites for hydroxylation is 1. The van der Waals surface area contributed by atoms with Gasteiger partial charge in [0.25, 0.3) is 5.91 Å². The first-order chi connectivity index (χ1) is 14.4. The molecule has 0 saturated carbocycles. The van der Waals surface area contributed by atoms with Crippen LogP contribution in [0, 0.1) is 0 Å². The second kappa shape index (κ2) is 8.12. The van der Waals surface area contributed by atoms with Crippen molar-refractivity contribution in [2.45, 2.75) is 24.3 Å². The average Bonchev–Trinajstić information content (AvgIpc) is 3.42. The lowest BCUT2D eigenvalue weighted by Gasteiger charge is -2.13. The first kappa shape index (κ1) is 20.4. The maximum Gasteiger partial charge on any atom is 0.268 e. The Balaban J connectivity index is 1.48. The molecule has 1 aliphatic heterocycles. The van der Waals surface area contributed by atoms with Crippen molar-refractivity contribution in [3.05, 3.63) is 59.9 Å². The fraction of sp³-hybridized carbons (Fsp3) is 0.318. The first-order valence-corrected chi connectivity index (χ1v) is 11.3. The number of benzene rings is 2. The predicted molar refractivity (Wildman–Crippen MR) is 115 cm³/mol. The summed E-state index contributed by atoms with van der Waals surface area (Å²) in [5.74, 6) is 0.488. The lowest BCUT2D eigenvalue weighted by atomic mass is 10.1. The van der Waals surface area contributed by atoms with Crippen LogP contribution in [0.2, 0.25) is 0 Å².